The normalized spacial score (nSPS) is 16.9. The molecule has 0 spiro atoms. The Hall–Kier alpha value is -1.36. The maximum absolute atomic E-state index is 12.2. The van der Waals surface area contributed by atoms with E-state index in [0.29, 0.717) is 19.1 Å². The highest BCUT2D eigenvalue weighted by Gasteiger charge is 2.34. The van der Waals surface area contributed by atoms with Crippen LogP contribution in [0, 0.1) is 5.92 Å². The van der Waals surface area contributed by atoms with Gasteiger partial charge in [-0.05, 0) is 12.8 Å². The molecule has 0 radical (unpaired) electrons. The van der Waals surface area contributed by atoms with Crippen molar-refractivity contribution in [3.05, 3.63) is 18.2 Å². The van der Waals surface area contributed by atoms with Crippen LogP contribution in [-0.2, 0) is 18.4 Å². The second-order valence-electron chi connectivity index (χ2n) is 4.79. The van der Waals surface area contributed by atoms with Crippen molar-refractivity contribution in [1.29, 1.82) is 0 Å². The molecule has 1 heterocycles. The summed E-state index contributed by atoms with van der Waals surface area (Å²) in [4.78, 5) is 18.4. The number of nitrogens with zero attached hydrogens (tertiary/aromatic N) is 3. The highest BCUT2D eigenvalue weighted by atomic mass is 16.2. The lowest BCUT2D eigenvalue weighted by molar-refractivity contribution is -0.136. The molecule has 1 unspecified atom stereocenters. The van der Waals surface area contributed by atoms with Gasteiger partial charge in [-0.1, -0.05) is 6.92 Å². The fourth-order valence-electron chi connectivity index (χ4n) is 1.86. The maximum Gasteiger partial charge on any atom is 0.227 e. The van der Waals surface area contributed by atoms with Crippen molar-refractivity contribution in [2.45, 2.75) is 32.4 Å². The molecule has 2 N–H and O–H groups in total. The summed E-state index contributed by atoms with van der Waals surface area (Å²) in [6.07, 6.45) is 5.87. The highest BCUT2D eigenvalue weighted by Crippen LogP contribution is 2.29. The number of hydrogen-bond donors (Lipinski definition) is 1. The number of imidazole rings is 1. The summed E-state index contributed by atoms with van der Waals surface area (Å²) in [6, 6.07) is 0.396. The molecule has 94 valence electrons. The molecular formula is C12H20N4O. The number of hydrogen-bond acceptors (Lipinski definition) is 3. The van der Waals surface area contributed by atoms with Gasteiger partial charge >= 0.3 is 0 Å². The number of carbonyl (C=O) groups is 1. The summed E-state index contributed by atoms with van der Waals surface area (Å²) in [5, 5.41) is 0. The van der Waals surface area contributed by atoms with Crippen LogP contribution in [0.4, 0.5) is 0 Å². The van der Waals surface area contributed by atoms with Gasteiger partial charge in [0.25, 0.3) is 0 Å². The van der Waals surface area contributed by atoms with Crippen LogP contribution in [-0.4, -0.2) is 32.9 Å². The SMILES string of the molecule is CC(CN)C(=O)N(Cc1nccn1C)C1CC1. The average Bonchev–Trinajstić information content (AvgIpc) is 3.09. The fourth-order valence-corrected chi connectivity index (χ4v) is 1.86. The van der Waals surface area contributed by atoms with Gasteiger partial charge < -0.3 is 15.2 Å². The summed E-state index contributed by atoms with van der Waals surface area (Å²) in [5.41, 5.74) is 5.57. The van der Waals surface area contributed by atoms with Crippen molar-refractivity contribution >= 4 is 5.91 Å². The summed E-state index contributed by atoms with van der Waals surface area (Å²) in [6.45, 7) is 2.89. The van der Waals surface area contributed by atoms with Crippen LogP contribution >= 0.6 is 0 Å². The van der Waals surface area contributed by atoms with E-state index in [1.807, 2.05) is 29.6 Å². The van der Waals surface area contributed by atoms with Crippen LogP contribution in [0.15, 0.2) is 12.4 Å². The Bertz CT molecular complexity index is 397. The largest absolute Gasteiger partial charge is 0.337 e. The van der Waals surface area contributed by atoms with Gasteiger partial charge in [-0.3, -0.25) is 4.79 Å². The lowest BCUT2D eigenvalue weighted by Gasteiger charge is -2.24. The number of rotatable bonds is 5. The van der Waals surface area contributed by atoms with Crippen molar-refractivity contribution in [3.63, 3.8) is 0 Å². The van der Waals surface area contributed by atoms with E-state index in [0.717, 1.165) is 18.7 Å². The van der Waals surface area contributed by atoms with Crippen LogP contribution in [0.3, 0.4) is 0 Å². The fraction of sp³-hybridized carbons (Fsp3) is 0.667. The Morgan fingerprint density at radius 1 is 1.71 bits per heavy atom. The van der Waals surface area contributed by atoms with E-state index in [4.69, 9.17) is 5.73 Å². The van der Waals surface area contributed by atoms with Gasteiger partial charge in [-0.2, -0.15) is 0 Å². The first kappa shape index (κ1) is 12.1. The molecule has 17 heavy (non-hydrogen) atoms. The highest BCUT2D eigenvalue weighted by molar-refractivity contribution is 5.79. The number of nitrogens with two attached hydrogens (primary N) is 1. The van der Waals surface area contributed by atoms with Crippen LogP contribution in [0.25, 0.3) is 0 Å². The maximum atomic E-state index is 12.2. The Kier molecular flexibility index (Phi) is 3.47. The molecule has 0 saturated heterocycles. The molecule has 0 aliphatic heterocycles. The summed E-state index contributed by atoms with van der Waals surface area (Å²) in [7, 11) is 1.95. The number of carbonyl (C=O) groups excluding carboxylic acids is 1. The predicted molar refractivity (Wildman–Crippen MR) is 65.0 cm³/mol. The van der Waals surface area contributed by atoms with Crippen molar-refractivity contribution in [2.75, 3.05) is 6.54 Å². The monoisotopic (exact) mass is 236 g/mol. The van der Waals surface area contributed by atoms with Gasteiger partial charge in [0.2, 0.25) is 5.91 Å². The minimum atomic E-state index is -0.101. The Balaban J connectivity index is 2.08. The summed E-state index contributed by atoms with van der Waals surface area (Å²) < 4.78 is 1.95. The summed E-state index contributed by atoms with van der Waals surface area (Å²) in [5.74, 6) is 0.975. The van der Waals surface area contributed by atoms with E-state index >= 15 is 0 Å². The first-order valence-corrected chi connectivity index (χ1v) is 6.10. The molecule has 5 nitrogen and oxygen atoms in total. The lowest BCUT2D eigenvalue weighted by atomic mass is 10.1. The van der Waals surface area contributed by atoms with E-state index < -0.39 is 0 Å². The minimum Gasteiger partial charge on any atom is -0.337 e. The standard InChI is InChI=1S/C12H20N4O/c1-9(7-13)12(17)16(10-3-4-10)8-11-14-5-6-15(11)2/h5-6,9-10H,3-4,7-8,13H2,1-2H3. The second-order valence-corrected chi connectivity index (χ2v) is 4.79. The molecule has 1 aliphatic carbocycles. The third kappa shape index (κ3) is 2.66. The minimum absolute atomic E-state index is 0.101. The van der Waals surface area contributed by atoms with Gasteiger partial charge in [-0.15, -0.1) is 0 Å². The smallest absolute Gasteiger partial charge is 0.227 e. The number of aromatic nitrogens is 2. The third-order valence-electron chi connectivity index (χ3n) is 3.28. The second kappa shape index (κ2) is 4.87. The van der Waals surface area contributed by atoms with E-state index in [2.05, 4.69) is 4.98 Å². The first-order chi connectivity index (χ1) is 8.13. The summed E-state index contributed by atoms with van der Waals surface area (Å²) >= 11 is 0. The molecule has 2 rings (SSSR count). The molecular weight excluding hydrogens is 216 g/mol. The van der Waals surface area contributed by atoms with Crippen molar-refractivity contribution in [1.82, 2.24) is 14.5 Å². The zero-order valence-corrected chi connectivity index (χ0v) is 10.5. The Morgan fingerprint density at radius 2 is 2.41 bits per heavy atom. The molecule has 1 amide bonds. The Morgan fingerprint density at radius 3 is 2.88 bits per heavy atom. The molecule has 1 aliphatic rings. The van der Waals surface area contributed by atoms with Gasteiger partial charge in [0.1, 0.15) is 5.82 Å². The third-order valence-corrected chi connectivity index (χ3v) is 3.28. The lowest BCUT2D eigenvalue weighted by Crippen LogP contribution is -2.39. The van der Waals surface area contributed by atoms with Gasteiger partial charge in [-0.25, -0.2) is 4.98 Å². The molecule has 1 aromatic rings. The molecule has 1 fully saturated rings. The molecule has 0 aromatic carbocycles. The topological polar surface area (TPSA) is 64.2 Å². The number of aryl methyl sites for hydroxylation is 1. The molecule has 1 atom stereocenters. The average molecular weight is 236 g/mol. The first-order valence-electron chi connectivity index (χ1n) is 6.10. The predicted octanol–water partition coefficient (Wildman–Crippen LogP) is 0.506. The van der Waals surface area contributed by atoms with Crippen molar-refractivity contribution in [3.8, 4) is 0 Å². The van der Waals surface area contributed by atoms with Gasteiger partial charge in [0.05, 0.1) is 6.54 Å². The van der Waals surface area contributed by atoms with Crippen molar-refractivity contribution in [2.24, 2.45) is 18.7 Å². The van der Waals surface area contributed by atoms with E-state index in [1.165, 1.54) is 0 Å². The van der Waals surface area contributed by atoms with Gasteiger partial charge in [0.15, 0.2) is 0 Å². The molecule has 5 heteroatoms. The van der Waals surface area contributed by atoms with Crippen LogP contribution in [0.5, 0.6) is 0 Å². The van der Waals surface area contributed by atoms with Crippen LogP contribution < -0.4 is 5.73 Å². The Labute approximate surface area is 102 Å². The molecule has 1 aromatic heterocycles. The molecule has 1 saturated carbocycles. The molecule has 0 bridgehead atoms. The number of amides is 1. The zero-order valence-electron chi connectivity index (χ0n) is 10.5. The van der Waals surface area contributed by atoms with E-state index in [1.54, 1.807) is 6.20 Å². The van der Waals surface area contributed by atoms with Gasteiger partial charge in [0, 0.05) is 37.9 Å². The van der Waals surface area contributed by atoms with Crippen LogP contribution in [0.2, 0.25) is 0 Å². The van der Waals surface area contributed by atoms with E-state index in [-0.39, 0.29) is 11.8 Å². The van der Waals surface area contributed by atoms with Crippen molar-refractivity contribution < 1.29 is 4.79 Å². The quantitative estimate of drug-likeness (QED) is 0.810. The van der Waals surface area contributed by atoms with Crippen LogP contribution in [0.1, 0.15) is 25.6 Å². The zero-order chi connectivity index (χ0) is 12.4. The van der Waals surface area contributed by atoms with E-state index in [9.17, 15) is 4.79 Å².